The number of nitrogens with one attached hydrogen (secondary N) is 1. The molecule has 0 aliphatic carbocycles. The maximum atomic E-state index is 12.5. The third-order valence-electron chi connectivity index (χ3n) is 4.31. The summed E-state index contributed by atoms with van der Waals surface area (Å²) in [7, 11) is 0. The largest absolute Gasteiger partial charge is 0.421 e. The van der Waals surface area contributed by atoms with Gasteiger partial charge >= 0.3 is 5.97 Å². The Labute approximate surface area is 182 Å². The number of hydrogen-bond donors (Lipinski definition) is 1. The third-order valence-corrected chi connectivity index (χ3v) is 4.82. The molecule has 0 aliphatic heterocycles. The van der Waals surface area contributed by atoms with Gasteiger partial charge in [-0.3, -0.25) is 4.79 Å². The zero-order chi connectivity index (χ0) is 21.1. The van der Waals surface area contributed by atoms with Crippen molar-refractivity contribution >= 4 is 51.8 Å². The normalized spacial score (nSPS) is 10.6. The van der Waals surface area contributed by atoms with Gasteiger partial charge in [-0.1, -0.05) is 35.3 Å². The van der Waals surface area contributed by atoms with E-state index < -0.39 is 5.97 Å². The second-order valence-corrected chi connectivity index (χ2v) is 7.25. The molecule has 148 valence electrons. The van der Waals surface area contributed by atoms with E-state index in [1.54, 1.807) is 72.8 Å². The molecule has 1 aromatic heterocycles. The Morgan fingerprint density at radius 2 is 1.40 bits per heavy atom. The van der Waals surface area contributed by atoms with E-state index in [4.69, 9.17) is 27.9 Å². The molecule has 30 heavy (non-hydrogen) atoms. The molecule has 1 amide bonds. The van der Waals surface area contributed by atoms with Crippen molar-refractivity contribution in [1.82, 2.24) is 4.98 Å². The predicted molar refractivity (Wildman–Crippen MR) is 118 cm³/mol. The van der Waals surface area contributed by atoms with Crippen molar-refractivity contribution in [3.63, 3.8) is 0 Å². The zero-order valence-electron chi connectivity index (χ0n) is 15.4. The maximum Gasteiger partial charge on any atom is 0.343 e. The number of pyridine rings is 1. The van der Waals surface area contributed by atoms with Gasteiger partial charge in [0.1, 0.15) is 11.3 Å². The van der Waals surface area contributed by atoms with Crippen molar-refractivity contribution in [2.24, 2.45) is 0 Å². The first kappa shape index (κ1) is 19.9. The third kappa shape index (κ3) is 4.43. The van der Waals surface area contributed by atoms with Gasteiger partial charge in [-0.2, -0.15) is 0 Å². The molecular weight excluding hydrogens is 423 g/mol. The monoisotopic (exact) mass is 436 g/mol. The van der Waals surface area contributed by atoms with Gasteiger partial charge in [-0.15, -0.1) is 0 Å². The highest BCUT2D eigenvalue weighted by molar-refractivity contribution is 6.31. The summed E-state index contributed by atoms with van der Waals surface area (Å²) in [6, 6.07) is 21.6. The van der Waals surface area contributed by atoms with Gasteiger partial charge in [0, 0.05) is 21.0 Å². The average Bonchev–Trinajstić information content (AvgIpc) is 2.75. The number of rotatable bonds is 4. The Balaban J connectivity index is 1.60. The molecule has 0 saturated heterocycles. The number of carbonyl (C=O) groups is 2. The minimum absolute atomic E-state index is 0.287. The lowest BCUT2D eigenvalue weighted by atomic mass is 10.2. The molecule has 0 saturated carbocycles. The molecule has 0 fully saturated rings. The van der Waals surface area contributed by atoms with Gasteiger partial charge in [-0.25, -0.2) is 9.78 Å². The van der Waals surface area contributed by atoms with Crippen molar-refractivity contribution < 1.29 is 14.3 Å². The molecule has 3 aromatic carbocycles. The highest BCUT2D eigenvalue weighted by atomic mass is 35.5. The van der Waals surface area contributed by atoms with Crippen LogP contribution in [0.15, 0.2) is 78.9 Å². The lowest BCUT2D eigenvalue weighted by Crippen LogP contribution is -2.13. The van der Waals surface area contributed by atoms with Crippen molar-refractivity contribution in [2.45, 2.75) is 0 Å². The van der Waals surface area contributed by atoms with E-state index in [9.17, 15) is 9.59 Å². The van der Waals surface area contributed by atoms with Crippen LogP contribution < -0.4 is 10.1 Å². The Hall–Kier alpha value is -3.41. The molecule has 0 bridgehead atoms. The number of halogens is 2. The fraction of sp³-hybridized carbons (Fsp3) is 0. The van der Waals surface area contributed by atoms with Crippen molar-refractivity contribution in [2.75, 3.05) is 5.32 Å². The van der Waals surface area contributed by atoms with Crippen LogP contribution in [0.1, 0.15) is 20.7 Å². The minimum Gasteiger partial charge on any atom is -0.421 e. The fourth-order valence-corrected chi connectivity index (χ4v) is 3.06. The van der Waals surface area contributed by atoms with Gasteiger partial charge < -0.3 is 10.1 Å². The Morgan fingerprint density at radius 3 is 2.07 bits per heavy atom. The highest BCUT2D eigenvalue weighted by Gasteiger charge is 2.13. The molecule has 7 heteroatoms. The second-order valence-electron chi connectivity index (χ2n) is 6.38. The summed E-state index contributed by atoms with van der Waals surface area (Å²) < 4.78 is 5.54. The van der Waals surface area contributed by atoms with Crippen LogP contribution in [0.3, 0.4) is 0 Å². The molecule has 4 aromatic rings. The van der Waals surface area contributed by atoms with Gasteiger partial charge in [-0.05, 0) is 66.7 Å². The van der Waals surface area contributed by atoms with E-state index >= 15 is 0 Å². The number of para-hydroxylation sites is 1. The number of esters is 1. The quantitative estimate of drug-likeness (QED) is 0.314. The number of anilines is 1. The van der Waals surface area contributed by atoms with Gasteiger partial charge in [0.15, 0.2) is 5.75 Å². The van der Waals surface area contributed by atoms with Crippen LogP contribution in [0.5, 0.6) is 5.75 Å². The van der Waals surface area contributed by atoms with Crippen molar-refractivity contribution in [1.29, 1.82) is 0 Å². The van der Waals surface area contributed by atoms with E-state index in [1.165, 1.54) is 0 Å². The smallest absolute Gasteiger partial charge is 0.343 e. The van der Waals surface area contributed by atoms with Gasteiger partial charge in [0.05, 0.1) is 5.56 Å². The number of amides is 1. The topological polar surface area (TPSA) is 68.3 Å². The Kier molecular flexibility index (Phi) is 5.65. The van der Waals surface area contributed by atoms with Crippen molar-refractivity contribution in [3.8, 4) is 5.75 Å². The van der Waals surface area contributed by atoms with Crippen LogP contribution in [-0.4, -0.2) is 16.9 Å². The number of nitrogens with zero attached hydrogens (tertiary/aromatic N) is 1. The lowest BCUT2D eigenvalue weighted by Gasteiger charge is -2.10. The van der Waals surface area contributed by atoms with E-state index in [2.05, 4.69) is 10.3 Å². The van der Waals surface area contributed by atoms with E-state index in [-0.39, 0.29) is 11.7 Å². The van der Waals surface area contributed by atoms with Crippen LogP contribution >= 0.6 is 23.2 Å². The molecule has 1 heterocycles. The molecule has 0 aliphatic rings. The van der Waals surface area contributed by atoms with Gasteiger partial charge in [0.2, 0.25) is 0 Å². The van der Waals surface area contributed by atoms with Gasteiger partial charge in [0.25, 0.3) is 5.91 Å². The van der Waals surface area contributed by atoms with Crippen LogP contribution in [0.4, 0.5) is 5.82 Å². The van der Waals surface area contributed by atoms with E-state index in [0.717, 1.165) is 5.39 Å². The van der Waals surface area contributed by atoms with Crippen LogP contribution in [0.25, 0.3) is 10.9 Å². The van der Waals surface area contributed by atoms with E-state index in [1.807, 2.05) is 6.07 Å². The average molecular weight is 437 g/mol. The number of benzene rings is 3. The standard InChI is InChI=1S/C23H14Cl2N2O3/c24-17-9-4-15(5-10-17)22(28)27-20-13-8-14-2-1-3-19(21(14)26-20)30-23(29)16-6-11-18(25)12-7-16/h1-13H,(H,26,27,28). The summed E-state index contributed by atoms with van der Waals surface area (Å²) >= 11 is 11.7. The molecule has 0 spiro atoms. The summed E-state index contributed by atoms with van der Waals surface area (Å²) in [5, 5.41) is 4.58. The minimum atomic E-state index is -0.531. The Morgan fingerprint density at radius 1 is 0.767 bits per heavy atom. The molecule has 0 radical (unpaired) electrons. The molecule has 0 atom stereocenters. The van der Waals surface area contributed by atoms with Crippen LogP contribution in [0.2, 0.25) is 10.0 Å². The number of aromatic nitrogens is 1. The molecule has 1 N–H and O–H groups in total. The summed E-state index contributed by atoms with van der Waals surface area (Å²) in [4.78, 5) is 29.4. The maximum absolute atomic E-state index is 12.5. The fourth-order valence-electron chi connectivity index (χ4n) is 2.81. The molecule has 0 unspecified atom stereocenters. The molecular formula is C23H14Cl2N2O3. The zero-order valence-corrected chi connectivity index (χ0v) is 16.9. The predicted octanol–water partition coefficient (Wildman–Crippen LogP) is 6.01. The van der Waals surface area contributed by atoms with Crippen molar-refractivity contribution in [3.05, 3.63) is 100 Å². The summed E-state index contributed by atoms with van der Waals surface area (Å²) in [5.41, 5.74) is 1.26. The van der Waals surface area contributed by atoms with Crippen LogP contribution in [-0.2, 0) is 0 Å². The first-order chi connectivity index (χ1) is 14.5. The summed E-state index contributed by atoms with van der Waals surface area (Å²) in [6.07, 6.45) is 0. The first-order valence-electron chi connectivity index (χ1n) is 8.94. The Bertz CT molecular complexity index is 1240. The summed E-state index contributed by atoms with van der Waals surface area (Å²) in [6.45, 7) is 0. The number of hydrogen-bond acceptors (Lipinski definition) is 4. The number of ether oxygens (including phenoxy) is 1. The second kappa shape index (κ2) is 8.53. The lowest BCUT2D eigenvalue weighted by molar-refractivity contribution is 0.0736. The molecule has 4 rings (SSSR count). The number of carbonyl (C=O) groups excluding carboxylic acids is 2. The summed E-state index contributed by atoms with van der Waals surface area (Å²) in [5.74, 6) is -0.238. The highest BCUT2D eigenvalue weighted by Crippen LogP contribution is 2.26. The number of fused-ring (bicyclic) bond motifs is 1. The van der Waals surface area contributed by atoms with E-state index in [0.29, 0.717) is 32.5 Å². The first-order valence-corrected chi connectivity index (χ1v) is 9.70. The van der Waals surface area contributed by atoms with Crippen LogP contribution in [0, 0.1) is 0 Å². The molecule has 5 nitrogen and oxygen atoms in total. The SMILES string of the molecule is O=C(Nc1ccc2cccc(OC(=O)c3ccc(Cl)cc3)c2n1)c1ccc(Cl)cc1.